The van der Waals surface area contributed by atoms with E-state index >= 15 is 0 Å². The molecule has 0 heterocycles. The molecule has 1 fully saturated rings. The molecular formula is C14H25NO. The van der Waals surface area contributed by atoms with Crippen molar-refractivity contribution in [3.05, 3.63) is 0 Å². The van der Waals surface area contributed by atoms with Crippen molar-refractivity contribution in [2.75, 3.05) is 7.11 Å². The third-order valence-electron chi connectivity index (χ3n) is 3.83. The Balaban J connectivity index is 2.58. The van der Waals surface area contributed by atoms with Crippen LogP contribution < -0.4 is 5.73 Å². The predicted octanol–water partition coefficient (Wildman–Crippen LogP) is 2.71. The molecule has 0 aromatic carbocycles. The van der Waals surface area contributed by atoms with Crippen LogP contribution in [0.25, 0.3) is 0 Å². The standard InChI is InChI=1S/C14H25NO/c1-4-5-6-9-13(15)14(16-3)10-7-8-12(2)11-14/h12-13H,6-11,15H2,1-3H3. The number of hydrogen-bond acceptors (Lipinski definition) is 2. The van der Waals surface area contributed by atoms with Gasteiger partial charge in [0.2, 0.25) is 0 Å². The second-order valence-electron chi connectivity index (χ2n) is 5.04. The molecular weight excluding hydrogens is 198 g/mol. The van der Waals surface area contributed by atoms with E-state index in [2.05, 4.69) is 18.8 Å². The Morgan fingerprint density at radius 1 is 1.56 bits per heavy atom. The van der Waals surface area contributed by atoms with Gasteiger partial charge in [-0.3, -0.25) is 0 Å². The fourth-order valence-electron chi connectivity index (χ4n) is 2.83. The molecule has 2 N–H and O–H groups in total. The largest absolute Gasteiger partial charge is 0.377 e. The van der Waals surface area contributed by atoms with Gasteiger partial charge < -0.3 is 10.5 Å². The first kappa shape index (κ1) is 13.5. The van der Waals surface area contributed by atoms with E-state index < -0.39 is 0 Å². The summed E-state index contributed by atoms with van der Waals surface area (Å²) in [6.07, 6.45) is 6.59. The van der Waals surface area contributed by atoms with Crippen LogP contribution in [0.15, 0.2) is 0 Å². The van der Waals surface area contributed by atoms with Crippen LogP contribution in [0.2, 0.25) is 0 Å². The molecule has 0 aromatic rings. The van der Waals surface area contributed by atoms with Gasteiger partial charge in [-0.25, -0.2) is 0 Å². The number of rotatable bonds is 4. The predicted molar refractivity (Wildman–Crippen MR) is 68.0 cm³/mol. The number of methoxy groups -OCH3 is 1. The summed E-state index contributed by atoms with van der Waals surface area (Å²) in [5, 5.41) is 0. The third kappa shape index (κ3) is 3.23. The Labute approximate surface area is 99.9 Å². The van der Waals surface area contributed by atoms with E-state index in [1.165, 1.54) is 12.8 Å². The minimum absolute atomic E-state index is 0.0902. The van der Waals surface area contributed by atoms with Crippen LogP contribution >= 0.6 is 0 Å². The van der Waals surface area contributed by atoms with Gasteiger partial charge in [-0.1, -0.05) is 19.8 Å². The molecule has 2 heteroatoms. The molecule has 1 aliphatic rings. The molecule has 0 saturated heterocycles. The third-order valence-corrected chi connectivity index (χ3v) is 3.83. The molecule has 0 amide bonds. The average Bonchev–Trinajstić information content (AvgIpc) is 2.29. The second kappa shape index (κ2) is 6.27. The zero-order chi connectivity index (χ0) is 12.0. The summed E-state index contributed by atoms with van der Waals surface area (Å²) in [6.45, 7) is 4.17. The molecule has 1 rings (SSSR count). The lowest BCUT2D eigenvalue weighted by Gasteiger charge is -2.43. The van der Waals surface area contributed by atoms with Gasteiger partial charge in [0.15, 0.2) is 0 Å². The van der Waals surface area contributed by atoms with Crippen molar-refractivity contribution >= 4 is 0 Å². The molecule has 0 aliphatic heterocycles. The maximum absolute atomic E-state index is 6.30. The average molecular weight is 223 g/mol. The fraction of sp³-hybridized carbons (Fsp3) is 0.857. The molecule has 0 aromatic heterocycles. The van der Waals surface area contributed by atoms with Gasteiger partial charge in [0.05, 0.1) is 5.60 Å². The quantitative estimate of drug-likeness (QED) is 0.744. The summed E-state index contributed by atoms with van der Waals surface area (Å²) < 4.78 is 5.77. The van der Waals surface area contributed by atoms with Crippen molar-refractivity contribution in [2.45, 2.75) is 64.0 Å². The van der Waals surface area contributed by atoms with Crippen LogP contribution in [0, 0.1) is 17.8 Å². The summed E-state index contributed by atoms with van der Waals surface area (Å²) in [7, 11) is 1.81. The van der Waals surface area contributed by atoms with Gasteiger partial charge in [0, 0.05) is 19.6 Å². The molecule has 1 aliphatic carbocycles. The minimum atomic E-state index is -0.0902. The van der Waals surface area contributed by atoms with E-state index in [0.29, 0.717) is 0 Å². The van der Waals surface area contributed by atoms with Gasteiger partial charge in [0.25, 0.3) is 0 Å². The van der Waals surface area contributed by atoms with Crippen molar-refractivity contribution in [2.24, 2.45) is 11.7 Å². The first-order valence-corrected chi connectivity index (χ1v) is 6.35. The van der Waals surface area contributed by atoms with Gasteiger partial charge in [-0.2, -0.15) is 0 Å². The van der Waals surface area contributed by atoms with Crippen molar-refractivity contribution in [1.82, 2.24) is 0 Å². The maximum Gasteiger partial charge on any atom is 0.0831 e. The smallest absolute Gasteiger partial charge is 0.0831 e. The Morgan fingerprint density at radius 3 is 2.88 bits per heavy atom. The maximum atomic E-state index is 6.30. The lowest BCUT2D eigenvalue weighted by Crippen LogP contribution is -2.52. The van der Waals surface area contributed by atoms with E-state index in [0.717, 1.165) is 31.6 Å². The van der Waals surface area contributed by atoms with Crippen molar-refractivity contribution in [3.63, 3.8) is 0 Å². The van der Waals surface area contributed by atoms with Crippen molar-refractivity contribution < 1.29 is 4.74 Å². The highest BCUT2D eigenvalue weighted by Gasteiger charge is 2.39. The second-order valence-corrected chi connectivity index (χ2v) is 5.04. The monoisotopic (exact) mass is 223 g/mol. The molecule has 3 atom stereocenters. The molecule has 16 heavy (non-hydrogen) atoms. The van der Waals surface area contributed by atoms with Crippen LogP contribution in [0.3, 0.4) is 0 Å². The molecule has 2 nitrogen and oxygen atoms in total. The molecule has 0 radical (unpaired) electrons. The molecule has 3 unspecified atom stereocenters. The van der Waals surface area contributed by atoms with Crippen LogP contribution in [-0.4, -0.2) is 18.8 Å². The van der Waals surface area contributed by atoms with E-state index in [1.807, 2.05) is 14.0 Å². The molecule has 0 spiro atoms. The summed E-state index contributed by atoms with van der Waals surface area (Å²) >= 11 is 0. The van der Waals surface area contributed by atoms with Crippen LogP contribution in [0.1, 0.15) is 52.4 Å². The lowest BCUT2D eigenvalue weighted by molar-refractivity contribution is -0.0719. The Bertz CT molecular complexity index is 266. The summed E-state index contributed by atoms with van der Waals surface area (Å²) in [6, 6.07) is 0.126. The highest BCUT2D eigenvalue weighted by Crippen LogP contribution is 2.37. The van der Waals surface area contributed by atoms with Crippen LogP contribution in [-0.2, 0) is 4.74 Å². The van der Waals surface area contributed by atoms with Crippen molar-refractivity contribution in [3.8, 4) is 11.8 Å². The number of hydrogen-bond donors (Lipinski definition) is 1. The van der Waals surface area contributed by atoms with Gasteiger partial charge in [-0.05, 0) is 32.1 Å². The summed E-state index contributed by atoms with van der Waals surface area (Å²) in [4.78, 5) is 0. The summed E-state index contributed by atoms with van der Waals surface area (Å²) in [5.74, 6) is 6.74. The van der Waals surface area contributed by atoms with Gasteiger partial charge in [-0.15, -0.1) is 11.8 Å². The number of ether oxygens (including phenoxy) is 1. The Morgan fingerprint density at radius 2 is 2.31 bits per heavy atom. The van der Waals surface area contributed by atoms with Crippen molar-refractivity contribution in [1.29, 1.82) is 0 Å². The SMILES string of the molecule is CC#CCCC(N)C1(OC)CCCC(C)C1. The van der Waals surface area contributed by atoms with E-state index in [-0.39, 0.29) is 11.6 Å². The Kier molecular flexibility index (Phi) is 5.31. The van der Waals surface area contributed by atoms with Crippen LogP contribution in [0.5, 0.6) is 0 Å². The zero-order valence-corrected chi connectivity index (χ0v) is 10.9. The highest BCUT2D eigenvalue weighted by atomic mass is 16.5. The fourth-order valence-corrected chi connectivity index (χ4v) is 2.83. The van der Waals surface area contributed by atoms with Gasteiger partial charge >= 0.3 is 0 Å². The van der Waals surface area contributed by atoms with Crippen LogP contribution in [0.4, 0.5) is 0 Å². The lowest BCUT2D eigenvalue weighted by atomic mass is 9.74. The van der Waals surface area contributed by atoms with E-state index in [1.54, 1.807) is 0 Å². The molecule has 92 valence electrons. The zero-order valence-electron chi connectivity index (χ0n) is 10.9. The highest BCUT2D eigenvalue weighted by molar-refractivity contribution is 5.00. The Hall–Kier alpha value is -0.520. The minimum Gasteiger partial charge on any atom is -0.377 e. The molecule has 1 saturated carbocycles. The van der Waals surface area contributed by atoms with E-state index in [4.69, 9.17) is 10.5 Å². The number of nitrogens with two attached hydrogens (primary N) is 1. The topological polar surface area (TPSA) is 35.2 Å². The van der Waals surface area contributed by atoms with Gasteiger partial charge in [0.1, 0.15) is 0 Å². The first-order chi connectivity index (χ1) is 7.64. The summed E-state index contributed by atoms with van der Waals surface area (Å²) in [5.41, 5.74) is 6.21. The van der Waals surface area contributed by atoms with E-state index in [9.17, 15) is 0 Å². The normalized spacial score (nSPS) is 31.6. The first-order valence-electron chi connectivity index (χ1n) is 6.35. The molecule has 0 bridgehead atoms.